The van der Waals surface area contributed by atoms with Gasteiger partial charge < -0.3 is 62.6 Å². The number of phosphoric ester groups is 1. The number of esters is 5. The predicted octanol–water partition coefficient (Wildman–Crippen LogP) is 2.76. The first-order chi connectivity index (χ1) is 38.3. The third-order valence-electron chi connectivity index (χ3n) is 15.8. The molecule has 24 heteroatoms. The molecule has 2 bridgehead atoms. The zero-order chi connectivity index (χ0) is 58.8. The van der Waals surface area contributed by atoms with Crippen molar-refractivity contribution >= 4 is 55.5 Å². The van der Waals surface area contributed by atoms with Crippen LogP contribution in [-0.4, -0.2) is 119 Å². The maximum Gasteiger partial charge on any atom is 1.00 e. The van der Waals surface area contributed by atoms with Crippen molar-refractivity contribution < 1.29 is 152 Å². The molecule has 82 heavy (non-hydrogen) atoms. The summed E-state index contributed by atoms with van der Waals surface area (Å²) in [6.45, 7) is 7.80. The van der Waals surface area contributed by atoms with Crippen LogP contribution >= 0.6 is 7.82 Å². The number of Topliss-reactive ketones (excluding diaryl/α,β-unsaturated/α-hetero) is 1. The molecule has 0 radical (unpaired) electrons. The fourth-order valence-electron chi connectivity index (χ4n) is 11.9. The SMILES string of the molecule is CCOC(=O)O[C@@H](C(=O)O[C@H]1C[C@@]2(O)[C@@H](OC(=O)c3ccccc3)[C@@H]3[C@]4(OC(C)=O)CO[C@@H]4C[C@H](OC(=O)c4ccccc4COP(=O)([O-])O)[C@@]3(C)C(=O)[C@H](OC(C)=O)C(=C1C)C2(C)C)[C@@H](NC(=O)c1ccccc1)c1ccccc1.[K+]. The van der Waals surface area contributed by atoms with Crippen molar-refractivity contribution in [1.82, 2.24) is 5.32 Å². The molecule has 4 aliphatic rings. The third-order valence-corrected chi connectivity index (χ3v) is 16.2. The van der Waals surface area contributed by atoms with Crippen LogP contribution in [0.2, 0.25) is 0 Å². The number of amides is 1. The van der Waals surface area contributed by atoms with Gasteiger partial charge in [-0.1, -0.05) is 98.8 Å². The number of aliphatic hydroxyl groups is 1. The van der Waals surface area contributed by atoms with Crippen LogP contribution in [-0.2, 0) is 72.8 Å². The summed E-state index contributed by atoms with van der Waals surface area (Å²) >= 11 is 0. The van der Waals surface area contributed by atoms with Crippen molar-refractivity contribution in [3.8, 4) is 0 Å². The van der Waals surface area contributed by atoms with E-state index in [9.17, 15) is 48.2 Å². The van der Waals surface area contributed by atoms with Gasteiger partial charge in [-0.2, -0.15) is 0 Å². The van der Waals surface area contributed by atoms with Gasteiger partial charge in [-0.05, 0) is 73.4 Å². The summed E-state index contributed by atoms with van der Waals surface area (Å²) in [7, 11) is -5.32. The number of phosphoric acid groups is 1. The van der Waals surface area contributed by atoms with E-state index in [1.54, 1.807) is 54.6 Å². The fourth-order valence-corrected chi connectivity index (χ4v) is 12.2. The van der Waals surface area contributed by atoms with Crippen LogP contribution in [0.5, 0.6) is 0 Å². The Kier molecular flexibility index (Phi) is 19.8. The Bertz CT molecular complexity index is 3170. The quantitative estimate of drug-likeness (QED) is 0.0450. The van der Waals surface area contributed by atoms with E-state index >= 15 is 9.59 Å². The molecule has 1 unspecified atom stereocenters. The maximum absolute atomic E-state index is 16.5. The Morgan fingerprint density at radius 1 is 0.805 bits per heavy atom. The van der Waals surface area contributed by atoms with E-state index in [1.165, 1.54) is 95.3 Å². The molecule has 0 spiro atoms. The molecule has 3 fully saturated rings. The molecule has 2 saturated carbocycles. The van der Waals surface area contributed by atoms with Crippen molar-refractivity contribution in [3.05, 3.63) is 154 Å². The second kappa shape index (κ2) is 25.5. The van der Waals surface area contributed by atoms with E-state index in [0.717, 1.165) is 13.8 Å². The average Bonchev–Trinajstić information content (AvgIpc) is 0.709. The standard InChI is InChI=1S/C58H62NO21P.K/c1-8-72-54(67)78-46(44(35-20-12-9-13-21-35)59-50(63)36-22-14-10-15-23-36)53(66)76-40-29-58(68)49(79-51(64)37-24-16-11-17-25-37)47-56(7,48(62)45(75-33(3)60)43(32(40)2)55(58,5)6)41(28-42-57(47,31-73-42)80-34(4)61)77-52(65)39-27-19-18-26-38(39)30-74-81(69,70)71;/h9-27,40-42,44-47,49,68H,8,28-31H2,1-7H3,(H,59,63)(H2,69,70,71);/q;+1/p-1/t40-,41-,42+,44-,45+,46+,47-,49-,56+,57-,58+;/m0./s1. The van der Waals surface area contributed by atoms with E-state index in [-0.39, 0.29) is 97.0 Å². The Balaban J connectivity index is 0.00000968. The minimum absolute atomic E-state index is 0. The molecule has 4 aromatic rings. The average molecular weight is 1180 g/mol. The number of hydrogen-bond donors (Lipinski definition) is 3. The van der Waals surface area contributed by atoms with E-state index < -0.39 is 152 Å². The summed E-state index contributed by atoms with van der Waals surface area (Å²) in [5.74, 6) is -9.03. The molecule has 1 amide bonds. The molecule has 3 aliphatic carbocycles. The smallest absolute Gasteiger partial charge is 0.756 e. The third kappa shape index (κ3) is 12.6. The van der Waals surface area contributed by atoms with Crippen LogP contribution in [0.25, 0.3) is 0 Å². The van der Waals surface area contributed by atoms with Crippen molar-refractivity contribution in [2.45, 2.75) is 122 Å². The van der Waals surface area contributed by atoms with Gasteiger partial charge in [-0.25, -0.2) is 19.2 Å². The first-order valence-electron chi connectivity index (χ1n) is 25.9. The monoisotopic (exact) mass is 1180 g/mol. The topological polar surface area (TPSA) is 312 Å². The number of fused-ring (bicyclic) bond motifs is 5. The first kappa shape index (κ1) is 63.6. The van der Waals surface area contributed by atoms with Gasteiger partial charge in [0, 0.05) is 37.7 Å². The number of hydrogen-bond acceptors (Lipinski definition) is 20. The number of ether oxygens (including phenoxy) is 8. The van der Waals surface area contributed by atoms with E-state index in [2.05, 4.69) is 9.84 Å². The zero-order valence-electron chi connectivity index (χ0n) is 46.2. The fraction of sp³-hybridized carbons (Fsp3) is 0.414. The number of benzene rings is 4. The van der Waals surface area contributed by atoms with Crippen molar-refractivity contribution in [1.29, 1.82) is 0 Å². The molecule has 1 heterocycles. The predicted molar refractivity (Wildman–Crippen MR) is 278 cm³/mol. The Labute approximate surface area is 514 Å². The van der Waals surface area contributed by atoms with Crippen LogP contribution in [0, 0.1) is 16.7 Å². The molecule has 3 N–H and O–H groups in total. The van der Waals surface area contributed by atoms with Gasteiger partial charge in [-0.3, -0.25) is 23.7 Å². The molecule has 12 atom stereocenters. The molecule has 1 aliphatic heterocycles. The Morgan fingerprint density at radius 2 is 1.40 bits per heavy atom. The van der Waals surface area contributed by atoms with Gasteiger partial charge >= 0.3 is 87.4 Å². The van der Waals surface area contributed by atoms with Gasteiger partial charge in [0.15, 0.2) is 17.5 Å². The van der Waals surface area contributed by atoms with Crippen LogP contribution in [0.3, 0.4) is 0 Å². The van der Waals surface area contributed by atoms with Gasteiger partial charge in [-0.15, -0.1) is 0 Å². The molecule has 8 rings (SSSR count). The summed E-state index contributed by atoms with van der Waals surface area (Å²) < 4.78 is 64.8. The van der Waals surface area contributed by atoms with Gasteiger partial charge in [0.25, 0.3) is 13.7 Å². The molecular weight excluding hydrogens is 1120 g/mol. The summed E-state index contributed by atoms with van der Waals surface area (Å²) in [5, 5.41) is 17.0. The first-order valence-corrected chi connectivity index (χ1v) is 27.4. The van der Waals surface area contributed by atoms with Gasteiger partial charge in [0.05, 0.1) is 42.3 Å². The van der Waals surface area contributed by atoms with E-state index in [1.807, 2.05) is 0 Å². The Morgan fingerprint density at radius 3 is 1.98 bits per heavy atom. The second-order valence-electron chi connectivity index (χ2n) is 20.9. The Hall–Kier alpha value is -5.95. The molecule has 4 aromatic carbocycles. The summed E-state index contributed by atoms with van der Waals surface area (Å²) in [6.07, 6.45) is -13.4. The van der Waals surface area contributed by atoms with E-state index in [4.69, 9.17) is 37.9 Å². The maximum atomic E-state index is 16.5. The number of carbonyl (C=O) groups excluding carboxylic acids is 8. The zero-order valence-corrected chi connectivity index (χ0v) is 50.2. The summed E-state index contributed by atoms with van der Waals surface area (Å²) in [6, 6.07) is 27.5. The van der Waals surface area contributed by atoms with Gasteiger partial charge in [0.2, 0.25) is 6.10 Å². The van der Waals surface area contributed by atoms with Crippen LogP contribution in [0.15, 0.2) is 126 Å². The summed E-state index contributed by atoms with van der Waals surface area (Å²) in [4.78, 5) is 137. The molecular formula is C58H61KNO21P. The van der Waals surface area contributed by atoms with Crippen molar-refractivity contribution in [2.75, 3.05) is 13.2 Å². The van der Waals surface area contributed by atoms with Crippen LogP contribution < -0.4 is 61.6 Å². The minimum Gasteiger partial charge on any atom is -0.756 e. The van der Waals surface area contributed by atoms with Crippen molar-refractivity contribution in [3.63, 3.8) is 0 Å². The van der Waals surface area contributed by atoms with E-state index in [0.29, 0.717) is 0 Å². The second-order valence-corrected chi connectivity index (χ2v) is 22.1. The van der Waals surface area contributed by atoms with Crippen LogP contribution in [0.1, 0.15) is 110 Å². The molecule has 0 aromatic heterocycles. The molecule has 1 saturated heterocycles. The number of ketones is 1. The molecule has 22 nitrogen and oxygen atoms in total. The largest absolute Gasteiger partial charge is 1.00 e. The van der Waals surface area contributed by atoms with Crippen LogP contribution in [0.4, 0.5) is 4.79 Å². The normalized spacial score (nSPS) is 27.4. The number of nitrogens with one attached hydrogen (secondary N) is 1. The summed E-state index contributed by atoms with van der Waals surface area (Å²) in [5.41, 5.74) is -9.02. The minimum atomic E-state index is -5.32. The van der Waals surface area contributed by atoms with Gasteiger partial charge in [0.1, 0.15) is 36.1 Å². The number of carbonyl (C=O) groups is 8. The molecule has 430 valence electrons. The number of rotatable bonds is 17. The van der Waals surface area contributed by atoms with Crippen molar-refractivity contribution in [2.24, 2.45) is 16.7 Å².